The van der Waals surface area contributed by atoms with Gasteiger partial charge in [-0.05, 0) is 18.9 Å². The fraction of sp³-hybridized carbons (Fsp3) is 0.250. The number of amides is 1. The number of anilines is 1. The Balaban J connectivity index is 0.000000848. The summed E-state index contributed by atoms with van der Waals surface area (Å²) in [7, 11) is 0. The van der Waals surface area contributed by atoms with E-state index in [1.807, 2.05) is 33.4 Å². The van der Waals surface area contributed by atoms with Gasteiger partial charge in [0.15, 0.2) is 11.4 Å². The SMILES string of the molecule is CC(=O)N1CCC(n2cc(-c3cnc(N)c4oc(-c5csc6cnncc56)cc34)cn2)CC1.O=CO. The summed E-state index contributed by atoms with van der Waals surface area (Å²) in [6, 6.07) is 2.28. The number of carbonyl (C=O) groups excluding carboxylic acids is 1. The van der Waals surface area contributed by atoms with E-state index < -0.39 is 0 Å². The summed E-state index contributed by atoms with van der Waals surface area (Å²) >= 11 is 1.60. The first-order valence-corrected chi connectivity index (χ1v) is 12.1. The number of thiophene rings is 1. The summed E-state index contributed by atoms with van der Waals surface area (Å²) in [4.78, 5) is 26.2. The van der Waals surface area contributed by atoms with Gasteiger partial charge in [-0.15, -0.1) is 11.3 Å². The van der Waals surface area contributed by atoms with E-state index in [4.69, 9.17) is 20.1 Å². The number of fused-ring (bicyclic) bond motifs is 2. The van der Waals surface area contributed by atoms with Gasteiger partial charge in [-0.25, -0.2) is 4.98 Å². The minimum atomic E-state index is -0.250. The molecule has 5 aromatic rings. The first-order valence-electron chi connectivity index (χ1n) is 11.2. The highest BCUT2D eigenvalue weighted by atomic mass is 32.1. The van der Waals surface area contributed by atoms with Gasteiger partial charge in [0.2, 0.25) is 5.91 Å². The second kappa shape index (κ2) is 9.74. The molecule has 3 N–H and O–H groups in total. The number of nitrogens with two attached hydrogens (primary N) is 1. The van der Waals surface area contributed by atoms with Crippen LogP contribution in [-0.4, -0.2) is 60.4 Å². The normalized spacial score (nSPS) is 14.1. The second-order valence-corrected chi connectivity index (χ2v) is 9.29. The lowest BCUT2D eigenvalue weighted by atomic mass is 10.0. The molecule has 5 aromatic heterocycles. The monoisotopic (exact) mass is 505 g/mol. The summed E-state index contributed by atoms with van der Waals surface area (Å²) in [6.07, 6.45) is 10.9. The van der Waals surface area contributed by atoms with Gasteiger partial charge in [-0.1, -0.05) is 0 Å². The third kappa shape index (κ3) is 4.26. The van der Waals surface area contributed by atoms with E-state index >= 15 is 0 Å². The predicted molar refractivity (Wildman–Crippen MR) is 135 cm³/mol. The van der Waals surface area contributed by atoms with Crippen LogP contribution in [0.5, 0.6) is 0 Å². The molecule has 0 bridgehead atoms. The van der Waals surface area contributed by atoms with Crippen LogP contribution in [-0.2, 0) is 9.59 Å². The maximum Gasteiger partial charge on any atom is 0.290 e. The Morgan fingerprint density at radius 1 is 1.17 bits per heavy atom. The summed E-state index contributed by atoms with van der Waals surface area (Å²) < 4.78 is 9.22. The van der Waals surface area contributed by atoms with Gasteiger partial charge >= 0.3 is 0 Å². The predicted octanol–water partition coefficient (Wildman–Crippen LogP) is 3.83. The molecule has 1 fully saturated rings. The van der Waals surface area contributed by atoms with E-state index in [9.17, 15) is 4.79 Å². The number of carboxylic acid groups (broad SMARTS) is 1. The fourth-order valence-electron chi connectivity index (χ4n) is 4.51. The molecule has 0 aliphatic carbocycles. The molecule has 11 nitrogen and oxygen atoms in total. The molecule has 0 atom stereocenters. The third-order valence-electron chi connectivity index (χ3n) is 6.34. The van der Waals surface area contributed by atoms with E-state index in [-0.39, 0.29) is 18.4 Å². The van der Waals surface area contributed by atoms with Crippen molar-refractivity contribution in [1.29, 1.82) is 0 Å². The number of hydrogen-bond donors (Lipinski definition) is 2. The van der Waals surface area contributed by atoms with Crippen LogP contribution in [0.4, 0.5) is 5.82 Å². The Labute approximate surface area is 209 Å². The van der Waals surface area contributed by atoms with Gasteiger partial charge in [0, 0.05) is 65.2 Å². The molecule has 0 saturated carbocycles. The number of furan rings is 1. The number of nitrogens with zero attached hydrogens (tertiary/aromatic N) is 6. The molecule has 36 heavy (non-hydrogen) atoms. The minimum absolute atomic E-state index is 0.131. The zero-order valence-electron chi connectivity index (χ0n) is 19.4. The molecule has 0 unspecified atom stereocenters. The largest absolute Gasteiger partial charge is 0.483 e. The molecule has 6 heterocycles. The number of aromatic nitrogens is 5. The first kappa shape index (κ1) is 23.4. The van der Waals surface area contributed by atoms with Gasteiger partial charge in [0.1, 0.15) is 5.76 Å². The smallest absolute Gasteiger partial charge is 0.290 e. The number of hydrogen-bond acceptors (Lipinski definition) is 9. The number of rotatable bonds is 3. The minimum Gasteiger partial charge on any atom is -0.483 e. The zero-order valence-corrected chi connectivity index (χ0v) is 20.2. The Hall–Kier alpha value is -4.32. The van der Waals surface area contributed by atoms with Gasteiger partial charge in [0.05, 0.1) is 29.3 Å². The van der Waals surface area contributed by atoms with E-state index in [0.29, 0.717) is 17.2 Å². The van der Waals surface area contributed by atoms with Crippen LogP contribution in [0.15, 0.2) is 46.8 Å². The molecule has 1 aliphatic rings. The van der Waals surface area contributed by atoms with Crippen molar-refractivity contribution >= 4 is 50.6 Å². The molecule has 184 valence electrons. The summed E-state index contributed by atoms with van der Waals surface area (Å²) in [5.41, 5.74) is 9.55. The highest BCUT2D eigenvalue weighted by Gasteiger charge is 2.23. The lowest BCUT2D eigenvalue weighted by molar-refractivity contribution is -0.130. The number of nitrogen functional groups attached to an aromatic ring is 1. The van der Waals surface area contributed by atoms with Crippen molar-refractivity contribution in [3.05, 3.63) is 42.4 Å². The van der Waals surface area contributed by atoms with Crippen LogP contribution >= 0.6 is 11.3 Å². The number of pyridine rings is 1. The Morgan fingerprint density at radius 3 is 2.67 bits per heavy atom. The highest BCUT2D eigenvalue weighted by Crippen LogP contribution is 2.40. The van der Waals surface area contributed by atoms with Crippen molar-refractivity contribution in [2.45, 2.75) is 25.8 Å². The topological polar surface area (TPSA) is 153 Å². The lowest BCUT2D eigenvalue weighted by Crippen LogP contribution is -2.37. The lowest BCUT2D eigenvalue weighted by Gasteiger charge is -2.31. The van der Waals surface area contributed by atoms with Crippen LogP contribution in [0.3, 0.4) is 0 Å². The van der Waals surface area contributed by atoms with Gasteiger partial charge in [0.25, 0.3) is 6.47 Å². The summed E-state index contributed by atoms with van der Waals surface area (Å²) in [5.74, 6) is 1.20. The standard InChI is InChI=1S/C23H21N7O2S.CH2O2/c1-13(31)29-4-2-15(3-5-29)30-11-14(7-28-30)17-8-25-23(24)22-16(17)6-20(32-22)19-12-33-21-10-27-26-9-18(19)21;2-1-3/h6-12,15H,2-5H2,1H3,(H2,24,25);1H,(H,2,3). The molecule has 1 aliphatic heterocycles. The Morgan fingerprint density at radius 2 is 1.92 bits per heavy atom. The fourth-order valence-corrected chi connectivity index (χ4v) is 5.40. The van der Waals surface area contributed by atoms with Crippen molar-refractivity contribution in [3.63, 3.8) is 0 Å². The first-order chi connectivity index (χ1) is 17.5. The van der Waals surface area contributed by atoms with Gasteiger partial charge in [-0.3, -0.25) is 14.3 Å². The number of piperidine rings is 1. The average molecular weight is 506 g/mol. The molecule has 6 rings (SSSR count). The Bertz CT molecular complexity index is 1550. The van der Waals surface area contributed by atoms with Crippen molar-refractivity contribution in [3.8, 4) is 22.5 Å². The maximum absolute atomic E-state index is 11.6. The average Bonchev–Trinajstić information content (AvgIpc) is 3.63. The van der Waals surface area contributed by atoms with Crippen molar-refractivity contribution in [1.82, 2.24) is 29.9 Å². The van der Waals surface area contributed by atoms with Crippen LogP contribution in [0.2, 0.25) is 0 Å². The molecule has 1 saturated heterocycles. The molecule has 0 aromatic carbocycles. The van der Waals surface area contributed by atoms with Crippen molar-refractivity contribution in [2.24, 2.45) is 0 Å². The van der Waals surface area contributed by atoms with Crippen LogP contribution < -0.4 is 5.73 Å². The van der Waals surface area contributed by atoms with E-state index in [1.165, 1.54) is 0 Å². The number of carbonyl (C=O) groups is 2. The van der Waals surface area contributed by atoms with Crippen molar-refractivity contribution in [2.75, 3.05) is 18.8 Å². The molecule has 1 amide bonds. The van der Waals surface area contributed by atoms with E-state index in [0.717, 1.165) is 58.1 Å². The number of likely N-dealkylation sites (tertiary alicyclic amines) is 1. The molecule has 0 spiro atoms. The second-order valence-electron chi connectivity index (χ2n) is 8.38. The third-order valence-corrected chi connectivity index (χ3v) is 7.27. The molecule has 0 radical (unpaired) electrons. The van der Waals surface area contributed by atoms with Crippen LogP contribution in [0, 0.1) is 0 Å². The molecular weight excluding hydrogens is 482 g/mol. The quantitative estimate of drug-likeness (QED) is 0.348. The van der Waals surface area contributed by atoms with Crippen molar-refractivity contribution < 1.29 is 19.1 Å². The summed E-state index contributed by atoms with van der Waals surface area (Å²) in [5, 5.41) is 23.4. The zero-order chi connectivity index (χ0) is 25.2. The highest BCUT2D eigenvalue weighted by molar-refractivity contribution is 7.17. The Kier molecular flexibility index (Phi) is 6.34. The van der Waals surface area contributed by atoms with E-state index in [2.05, 4.69) is 20.3 Å². The van der Waals surface area contributed by atoms with E-state index in [1.54, 1.807) is 36.9 Å². The maximum atomic E-state index is 11.6. The van der Waals surface area contributed by atoms with Gasteiger partial charge < -0.3 is 20.2 Å². The van der Waals surface area contributed by atoms with Gasteiger partial charge in [-0.2, -0.15) is 15.3 Å². The van der Waals surface area contributed by atoms with Crippen LogP contribution in [0.25, 0.3) is 43.5 Å². The summed E-state index contributed by atoms with van der Waals surface area (Å²) in [6.45, 7) is 2.89. The molecular formula is C24H23N7O4S. The van der Waals surface area contributed by atoms with Crippen LogP contribution in [0.1, 0.15) is 25.8 Å². The molecule has 12 heteroatoms.